The van der Waals surface area contributed by atoms with Gasteiger partial charge in [-0.15, -0.1) is 0 Å². The molecule has 1 aliphatic heterocycles. The molecule has 0 spiro atoms. The number of hydrogen-bond donors (Lipinski definition) is 1. The zero-order valence-electron chi connectivity index (χ0n) is 11.7. The number of esters is 1. The van der Waals surface area contributed by atoms with Crippen LogP contribution in [0.3, 0.4) is 0 Å². The number of hydrogen-bond acceptors (Lipinski definition) is 4. The van der Waals surface area contributed by atoms with Gasteiger partial charge in [0.2, 0.25) is 0 Å². The minimum absolute atomic E-state index is 0.176. The SMILES string of the molecule is CCOC(=O)C1(NC(C)C)CCOc2ccccc21. The fourth-order valence-corrected chi connectivity index (χ4v) is 2.56. The van der Waals surface area contributed by atoms with E-state index in [1.54, 1.807) is 0 Å². The number of fused-ring (bicyclic) bond motifs is 1. The molecule has 1 aliphatic rings. The molecule has 1 atom stereocenters. The number of carbonyl (C=O) groups excluding carboxylic acids is 1. The van der Waals surface area contributed by atoms with E-state index in [2.05, 4.69) is 5.32 Å². The van der Waals surface area contributed by atoms with Crippen molar-refractivity contribution in [3.05, 3.63) is 29.8 Å². The predicted molar refractivity (Wildman–Crippen MR) is 73.1 cm³/mol. The molecule has 0 saturated heterocycles. The standard InChI is InChI=1S/C15H21NO3/c1-4-18-14(17)15(16-11(2)3)9-10-19-13-8-6-5-7-12(13)15/h5-8,11,16H,4,9-10H2,1-3H3. The van der Waals surface area contributed by atoms with Crippen LogP contribution in [0, 0.1) is 0 Å². The fraction of sp³-hybridized carbons (Fsp3) is 0.533. The molecular weight excluding hydrogens is 242 g/mol. The lowest BCUT2D eigenvalue weighted by atomic mass is 9.83. The molecule has 19 heavy (non-hydrogen) atoms. The van der Waals surface area contributed by atoms with Crippen LogP contribution in [0.1, 0.15) is 32.8 Å². The highest BCUT2D eigenvalue weighted by molar-refractivity contribution is 5.84. The molecular formula is C15H21NO3. The van der Waals surface area contributed by atoms with Crippen molar-refractivity contribution in [3.8, 4) is 5.75 Å². The Morgan fingerprint density at radius 1 is 1.47 bits per heavy atom. The Kier molecular flexibility index (Phi) is 4.10. The molecule has 4 heteroatoms. The largest absolute Gasteiger partial charge is 0.493 e. The van der Waals surface area contributed by atoms with Crippen LogP contribution in [-0.2, 0) is 15.1 Å². The molecule has 1 aromatic carbocycles. The summed E-state index contributed by atoms with van der Waals surface area (Å²) < 4.78 is 10.9. The highest BCUT2D eigenvalue weighted by Gasteiger charge is 2.46. The molecule has 1 unspecified atom stereocenters. The first-order chi connectivity index (χ1) is 9.10. The summed E-state index contributed by atoms with van der Waals surface area (Å²) in [4.78, 5) is 12.5. The van der Waals surface area contributed by atoms with Crippen molar-refractivity contribution in [2.45, 2.75) is 38.8 Å². The van der Waals surface area contributed by atoms with Crippen LogP contribution in [0.2, 0.25) is 0 Å². The molecule has 0 saturated carbocycles. The minimum Gasteiger partial charge on any atom is -0.493 e. The van der Waals surface area contributed by atoms with E-state index in [4.69, 9.17) is 9.47 Å². The molecule has 0 fully saturated rings. The molecule has 0 amide bonds. The number of ether oxygens (including phenoxy) is 2. The van der Waals surface area contributed by atoms with Crippen LogP contribution in [0.5, 0.6) is 5.75 Å². The Morgan fingerprint density at radius 2 is 2.21 bits per heavy atom. The lowest BCUT2D eigenvalue weighted by molar-refractivity contribution is -0.153. The van der Waals surface area contributed by atoms with Crippen molar-refractivity contribution in [1.82, 2.24) is 5.32 Å². The average molecular weight is 263 g/mol. The van der Waals surface area contributed by atoms with Gasteiger partial charge < -0.3 is 9.47 Å². The Bertz CT molecular complexity index is 458. The van der Waals surface area contributed by atoms with Crippen molar-refractivity contribution in [1.29, 1.82) is 0 Å². The third-order valence-corrected chi connectivity index (χ3v) is 3.24. The Balaban J connectivity index is 2.47. The van der Waals surface area contributed by atoms with E-state index in [-0.39, 0.29) is 12.0 Å². The van der Waals surface area contributed by atoms with E-state index in [1.165, 1.54) is 0 Å². The van der Waals surface area contributed by atoms with Crippen LogP contribution < -0.4 is 10.1 Å². The Morgan fingerprint density at radius 3 is 2.89 bits per heavy atom. The quantitative estimate of drug-likeness (QED) is 0.846. The topological polar surface area (TPSA) is 47.6 Å². The van der Waals surface area contributed by atoms with Crippen LogP contribution in [0.15, 0.2) is 24.3 Å². The number of carbonyl (C=O) groups is 1. The number of benzene rings is 1. The van der Waals surface area contributed by atoms with Gasteiger partial charge in [-0.25, -0.2) is 4.79 Å². The van der Waals surface area contributed by atoms with Gasteiger partial charge in [-0.1, -0.05) is 18.2 Å². The van der Waals surface area contributed by atoms with Gasteiger partial charge >= 0.3 is 5.97 Å². The maximum Gasteiger partial charge on any atom is 0.331 e. The summed E-state index contributed by atoms with van der Waals surface area (Å²) >= 11 is 0. The summed E-state index contributed by atoms with van der Waals surface area (Å²) in [5, 5.41) is 3.38. The monoisotopic (exact) mass is 263 g/mol. The van der Waals surface area contributed by atoms with Crippen LogP contribution in [-0.4, -0.2) is 25.2 Å². The second kappa shape index (κ2) is 5.61. The van der Waals surface area contributed by atoms with Gasteiger partial charge in [0.15, 0.2) is 0 Å². The normalized spacial score (nSPS) is 21.7. The van der Waals surface area contributed by atoms with Crippen LogP contribution >= 0.6 is 0 Å². The van der Waals surface area contributed by atoms with Crippen molar-refractivity contribution < 1.29 is 14.3 Å². The highest BCUT2D eigenvalue weighted by Crippen LogP contribution is 2.38. The zero-order chi connectivity index (χ0) is 13.9. The summed E-state index contributed by atoms with van der Waals surface area (Å²) in [5.41, 5.74) is 0.0763. The molecule has 4 nitrogen and oxygen atoms in total. The van der Waals surface area contributed by atoms with E-state index in [1.807, 2.05) is 45.0 Å². The predicted octanol–water partition coefficient (Wildman–Crippen LogP) is 2.23. The van der Waals surface area contributed by atoms with E-state index in [0.717, 1.165) is 11.3 Å². The van der Waals surface area contributed by atoms with E-state index >= 15 is 0 Å². The van der Waals surface area contributed by atoms with Crippen molar-refractivity contribution in [2.75, 3.05) is 13.2 Å². The summed E-state index contributed by atoms with van der Waals surface area (Å²) in [5.74, 6) is 0.536. The van der Waals surface area contributed by atoms with E-state index in [9.17, 15) is 4.79 Å². The Labute approximate surface area is 114 Å². The maximum atomic E-state index is 12.5. The second-order valence-electron chi connectivity index (χ2n) is 5.02. The third-order valence-electron chi connectivity index (χ3n) is 3.24. The molecule has 1 heterocycles. The first kappa shape index (κ1) is 13.9. The molecule has 0 aromatic heterocycles. The lowest BCUT2D eigenvalue weighted by Crippen LogP contribution is -2.55. The van der Waals surface area contributed by atoms with Gasteiger partial charge in [0.1, 0.15) is 11.3 Å². The molecule has 2 rings (SSSR count). The average Bonchev–Trinajstić information content (AvgIpc) is 2.38. The summed E-state index contributed by atoms with van der Waals surface area (Å²) in [6, 6.07) is 7.83. The van der Waals surface area contributed by atoms with E-state index in [0.29, 0.717) is 19.6 Å². The molecule has 0 bridgehead atoms. The smallest absolute Gasteiger partial charge is 0.331 e. The van der Waals surface area contributed by atoms with Gasteiger partial charge in [-0.3, -0.25) is 5.32 Å². The van der Waals surface area contributed by atoms with E-state index < -0.39 is 5.54 Å². The van der Waals surface area contributed by atoms with Crippen molar-refractivity contribution in [2.24, 2.45) is 0 Å². The zero-order valence-corrected chi connectivity index (χ0v) is 11.7. The fourth-order valence-electron chi connectivity index (χ4n) is 2.56. The Hall–Kier alpha value is -1.55. The van der Waals surface area contributed by atoms with Gasteiger partial charge in [-0.2, -0.15) is 0 Å². The van der Waals surface area contributed by atoms with Gasteiger partial charge in [0, 0.05) is 18.0 Å². The molecule has 104 valence electrons. The molecule has 0 radical (unpaired) electrons. The van der Waals surface area contributed by atoms with Crippen molar-refractivity contribution in [3.63, 3.8) is 0 Å². The molecule has 1 aromatic rings. The number of para-hydroxylation sites is 1. The maximum absolute atomic E-state index is 12.5. The third kappa shape index (κ3) is 2.59. The van der Waals surface area contributed by atoms with Crippen LogP contribution in [0.25, 0.3) is 0 Å². The van der Waals surface area contributed by atoms with Gasteiger partial charge in [0.05, 0.1) is 13.2 Å². The number of rotatable bonds is 4. The van der Waals surface area contributed by atoms with Crippen molar-refractivity contribution >= 4 is 5.97 Å². The van der Waals surface area contributed by atoms with Gasteiger partial charge in [-0.05, 0) is 26.8 Å². The first-order valence-electron chi connectivity index (χ1n) is 6.77. The summed E-state index contributed by atoms with van der Waals surface area (Å²) in [7, 11) is 0. The highest BCUT2D eigenvalue weighted by atomic mass is 16.5. The summed E-state index contributed by atoms with van der Waals surface area (Å²) in [6.07, 6.45) is 0.584. The minimum atomic E-state index is -0.793. The number of nitrogens with one attached hydrogen (secondary N) is 1. The van der Waals surface area contributed by atoms with Gasteiger partial charge in [0.25, 0.3) is 0 Å². The summed E-state index contributed by atoms with van der Waals surface area (Å²) in [6.45, 7) is 6.77. The lowest BCUT2D eigenvalue weighted by Gasteiger charge is -2.38. The van der Waals surface area contributed by atoms with Crippen LogP contribution in [0.4, 0.5) is 0 Å². The molecule has 1 N–H and O–H groups in total. The molecule has 0 aliphatic carbocycles. The second-order valence-corrected chi connectivity index (χ2v) is 5.02. The first-order valence-corrected chi connectivity index (χ1v) is 6.77.